The second kappa shape index (κ2) is 5.15. The highest BCUT2D eigenvalue weighted by Gasteiger charge is 2.24. The van der Waals surface area contributed by atoms with Crippen LogP contribution in [0.1, 0.15) is 19.3 Å². The summed E-state index contributed by atoms with van der Waals surface area (Å²) in [7, 11) is 4.08. The van der Waals surface area contributed by atoms with E-state index in [-0.39, 0.29) is 5.91 Å². The van der Waals surface area contributed by atoms with Crippen molar-refractivity contribution in [2.24, 2.45) is 5.92 Å². The van der Waals surface area contributed by atoms with Gasteiger partial charge in [-0.3, -0.25) is 4.79 Å². The summed E-state index contributed by atoms with van der Waals surface area (Å²) < 4.78 is 0. The van der Waals surface area contributed by atoms with Crippen molar-refractivity contribution >= 4 is 5.91 Å². The molecule has 1 saturated carbocycles. The highest BCUT2D eigenvalue weighted by Crippen LogP contribution is 2.18. The second-order valence-electron chi connectivity index (χ2n) is 5.35. The molecule has 16 heavy (non-hydrogen) atoms. The third-order valence-electron chi connectivity index (χ3n) is 3.57. The third-order valence-corrected chi connectivity index (χ3v) is 3.57. The summed E-state index contributed by atoms with van der Waals surface area (Å²) in [6, 6.07) is 0.620. The van der Waals surface area contributed by atoms with Crippen molar-refractivity contribution in [2.75, 3.05) is 40.3 Å². The number of carbonyl (C=O) groups is 1. The fourth-order valence-electron chi connectivity index (χ4n) is 2.32. The van der Waals surface area contributed by atoms with Crippen molar-refractivity contribution in [3.05, 3.63) is 0 Å². The van der Waals surface area contributed by atoms with Crippen molar-refractivity contribution < 1.29 is 4.79 Å². The van der Waals surface area contributed by atoms with E-state index in [0.29, 0.717) is 18.5 Å². The zero-order valence-electron chi connectivity index (χ0n) is 10.4. The van der Waals surface area contributed by atoms with E-state index in [1.807, 2.05) is 11.9 Å². The molecule has 92 valence electrons. The van der Waals surface area contributed by atoms with Crippen molar-refractivity contribution in [1.82, 2.24) is 15.1 Å². The Morgan fingerprint density at radius 1 is 1.44 bits per heavy atom. The molecule has 0 radical (unpaired) electrons. The van der Waals surface area contributed by atoms with Gasteiger partial charge in [-0.1, -0.05) is 0 Å². The minimum absolute atomic E-state index is 0.237. The molecule has 0 bridgehead atoms. The van der Waals surface area contributed by atoms with Crippen LogP contribution in [0.2, 0.25) is 0 Å². The molecule has 0 aromatic heterocycles. The van der Waals surface area contributed by atoms with Crippen LogP contribution in [-0.2, 0) is 4.79 Å². The fourth-order valence-corrected chi connectivity index (χ4v) is 2.32. The molecule has 4 nitrogen and oxygen atoms in total. The van der Waals surface area contributed by atoms with E-state index in [9.17, 15) is 4.79 Å². The van der Waals surface area contributed by atoms with Gasteiger partial charge in [0.25, 0.3) is 0 Å². The molecule has 0 aromatic carbocycles. The quantitative estimate of drug-likeness (QED) is 0.723. The largest absolute Gasteiger partial charge is 0.344 e. The average Bonchev–Trinajstić information content (AvgIpc) is 2.99. The number of rotatable bonds is 5. The molecule has 1 aliphatic carbocycles. The Balaban J connectivity index is 1.65. The van der Waals surface area contributed by atoms with Crippen molar-refractivity contribution in [3.63, 3.8) is 0 Å². The van der Waals surface area contributed by atoms with Gasteiger partial charge in [-0.2, -0.15) is 0 Å². The molecule has 1 atom stereocenters. The van der Waals surface area contributed by atoms with E-state index < -0.39 is 0 Å². The lowest BCUT2D eigenvalue weighted by Gasteiger charge is -2.21. The van der Waals surface area contributed by atoms with Crippen molar-refractivity contribution in [2.45, 2.75) is 25.3 Å². The Labute approximate surface area is 98.0 Å². The summed E-state index contributed by atoms with van der Waals surface area (Å²) in [4.78, 5) is 16.0. The smallest absolute Gasteiger partial charge is 0.236 e. The maximum absolute atomic E-state index is 11.8. The zero-order chi connectivity index (χ0) is 11.5. The second-order valence-corrected chi connectivity index (χ2v) is 5.35. The highest BCUT2D eigenvalue weighted by atomic mass is 16.2. The van der Waals surface area contributed by atoms with E-state index in [0.717, 1.165) is 13.1 Å². The molecule has 2 aliphatic rings. The lowest BCUT2D eigenvalue weighted by molar-refractivity contribution is -0.129. The van der Waals surface area contributed by atoms with Gasteiger partial charge in [-0.15, -0.1) is 0 Å². The summed E-state index contributed by atoms with van der Waals surface area (Å²) in [5, 5.41) is 3.27. The van der Waals surface area contributed by atoms with Crippen LogP contribution in [0.15, 0.2) is 0 Å². The van der Waals surface area contributed by atoms with Gasteiger partial charge in [-0.05, 0) is 38.8 Å². The van der Waals surface area contributed by atoms with E-state index in [1.165, 1.54) is 25.8 Å². The van der Waals surface area contributed by atoms with Crippen molar-refractivity contribution in [1.29, 1.82) is 0 Å². The standard InChI is InChI=1S/C12H23N3O/c1-14-6-5-10(8-14)9-15(2)12(16)7-13-11-3-4-11/h10-11,13H,3-9H2,1-2H3. The van der Waals surface area contributed by atoms with Crippen molar-refractivity contribution in [3.8, 4) is 0 Å². The van der Waals surface area contributed by atoms with Crippen LogP contribution in [0.5, 0.6) is 0 Å². The van der Waals surface area contributed by atoms with Gasteiger partial charge in [0, 0.05) is 26.2 Å². The van der Waals surface area contributed by atoms with Gasteiger partial charge in [-0.25, -0.2) is 0 Å². The molecule has 1 N–H and O–H groups in total. The molecule has 4 heteroatoms. The number of nitrogens with one attached hydrogen (secondary N) is 1. The first-order valence-electron chi connectivity index (χ1n) is 6.31. The van der Waals surface area contributed by atoms with Crippen LogP contribution >= 0.6 is 0 Å². The Bertz CT molecular complexity index is 253. The van der Waals surface area contributed by atoms with Crippen LogP contribution in [0, 0.1) is 5.92 Å². The van der Waals surface area contributed by atoms with E-state index >= 15 is 0 Å². The van der Waals surface area contributed by atoms with Gasteiger partial charge in [0.2, 0.25) is 5.91 Å². The minimum atomic E-state index is 0.237. The minimum Gasteiger partial charge on any atom is -0.344 e. The van der Waals surface area contributed by atoms with Crippen LogP contribution in [0.4, 0.5) is 0 Å². The third kappa shape index (κ3) is 3.46. The topological polar surface area (TPSA) is 35.6 Å². The number of likely N-dealkylation sites (tertiary alicyclic amines) is 1. The molecule has 2 fully saturated rings. The lowest BCUT2D eigenvalue weighted by atomic mass is 10.1. The van der Waals surface area contributed by atoms with E-state index in [4.69, 9.17) is 0 Å². The average molecular weight is 225 g/mol. The first kappa shape index (κ1) is 11.9. The fraction of sp³-hybridized carbons (Fsp3) is 0.917. The molecular weight excluding hydrogens is 202 g/mol. The number of nitrogens with zero attached hydrogens (tertiary/aromatic N) is 2. The van der Waals surface area contributed by atoms with Crippen LogP contribution in [0.3, 0.4) is 0 Å². The van der Waals surface area contributed by atoms with Crippen LogP contribution in [-0.4, -0.2) is 62.0 Å². The Kier molecular flexibility index (Phi) is 3.82. The van der Waals surface area contributed by atoms with Crippen LogP contribution < -0.4 is 5.32 Å². The summed E-state index contributed by atoms with van der Waals surface area (Å²) >= 11 is 0. The predicted octanol–water partition coefficient (Wildman–Crippen LogP) is 0.149. The molecule has 1 amide bonds. The van der Waals surface area contributed by atoms with Crippen LogP contribution in [0.25, 0.3) is 0 Å². The number of likely N-dealkylation sites (N-methyl/N-ethyl adjacent to an activating group) is 1. The van der Waals surface area contributed by atoms with Gasteiger partial charge < -0.3 is 15.1 Å². The maximum Gasteiger partial charge on any atom is 0.236 e. The molecule has 1 aliphatic heterocycles. The van der Waals surface area contributed by atoms with E-state index in [1.54, 1.807) is 0 Å². The monoisotopic (exact) mass is 225 g/mol. The van der Waals surface area contributed by atoms with Gasteiger partial charge in [0.1, 0.15) is 0 Å². The molecule has 1 heterocycles. The summed E-state index contributed by atoms with van der Waals surface area (Å²) in [6.07, 6.45) is 3.71. The maximum atomic E-state index is 11.8. The zero-order valence-corrected chi connectivity index (χ0v) is 10.4. The van der Waals surface area contributed by atoms with Gasteiger partial charge >= 0.3 is 0 Å². The van der Waals surface area contributed by atoms with E-state index in [2.05, 4.69) is 17.3 Å². The lowest BCUT2D eigenvalue weighted by Crippen LogP contribution is -2.39. The molecule has 0 spiro atoms. The SMILES string of the molecule is CN1CCC(CN(C)C(=O)CNC2CC2)C1. The molecular formula is C12H23N3O. The Morgan fingerprint density at radius 2 is 2.19 bits per heavy atom. The summed E-state index contributed by atoms with van der Waals surface area (Å²) in [5.74, 6) is 0.904. The highest BCUT2D eigenvalue weighted by molar-refractivity contribution is 5.78. The number of carbonyl (C=O) groups excluding carboxylic acids is 1. The van der Waals surface area contributed by atoms with Gasteiger partial charge in [0.15, 0.2) is 0 Å². The molecule has 2 rings (SSSR count). The Hall–Kier alpha value is -0.610. The summed E-state index contributed by atoms with van der Waals surface area (Å²) in [6.45, 7) is 3.74. The Morgan fingerprint density at radius 3 is 2.75 bits per heavy atom. The predicted molar refractivity (Wildman–Crippen MR) is 64.3 cm³/mol. The van der Waals surface area contributed by atoms with Gasteiger partial charge in [0.05, 0.1) is 6.54 Å². The molecule has 1 saturated heterocycles. The normalized spacial score (nSPS) is 26.0. The molecule has 0 aromatic rings. The number of amides is 1. The first-order valence-corrected chi connectivity index (χ1v) is 6.31. The number of hydrogen-bond donors (Lipinski definition) is 1. The first-order chi connectivity index (χ1) is 7.65. The number of hydrogen-bond acceptors (Lipinski definition) is 3. The summed E-state index contributed by atoms with van der Waals surface area (Å²) in [5.41, 5.74) is 0. The molecule has 1 unspecified atom stereocenters.